The van der Waals surface area contributed by atoms with Gasteiger partial charge in [-0.3, -0.25) is 14.9 Å². The van der Waals surface area contributed by atoms with Gasteiger partial charge in [0.15, 0.2) is 9.84 Å². The number of carboxylic acids is 1. The fourth-order valence-electron chi connectivity index (χ4n) is 5.16. The quantitative estimate of drug-likeness (QED) is 0.362. The molecular formula is C29H40N2O6S. The zero-order valence-corrected chi connectivity index (χ0v) is 23.6. The number of methoxy groups -OCH3 is 1. The highest BCUT2D eigenvalue weighted by molar-refractivity contribution is 7.91. The van der Waals surface area contributed by atoms with Gasteiger partial charge < -0.3 is 15.6 Å². The van der Waals surface area contributed by atoms with Crippen molar-refractivity contribution in [1.29, 1.82) is 0 Å². The van der Waals surface area contributed by atoms with Crippen LogP contribution in [0.25, 0.3) is 0 Å². The SMILES string of the molecule is CCCC[C@]1(CC)CS(=O)(=O)c2cc(CCC(=O)C[C@@](C)(N)C(=O)O)c(OC)cc2[C@@H](c2ccccc2)N1. The lowest BCUT2D eigenvalue weighted by molar-refractivity contribution is -0.144. The number of hydrogen-bond donors (Lipinski definition) is 3. The van der Waals surface area contributed by atoms with Crippen LogP contribution in [0.5, 0.6) is 5.75 Å². The van der Waals surface area contributed by atoms with Gasteiger partial charge in [-0.25, -0.2) is 8.42 Å². The number of carboxylic acid groups (broad SMARTS) is 1. The molecular weight excluding hydrogens is 504 g/mol. The highest BCUT2D eigenvalue weighted by atomic mass is 32.2. The summed E-state index contributed by atoms with van der Waals surface area (Å²) in [5.41, 5.74) is 5.65. The highest BCUT2D eigenvalue weighted by Crippen LogP contribution is 2.41. The third-order valence-corrected chi connectivity index (χ3v) is 9.48. The first-order chi connectivity index (χ1) is 17.9. The summed E-state index contributed by atoms with van der Waals surface area (Å²) < 4.78 is 33.5. The van der Waals surface area contributed by atoms with Crippen molar-refractivity contribution < 1.29 is 27.9 Å². The van der Waals surface area contributed by atoms with Crippen LogP contribution >= 0.6 is 0 Å². The van der Waals surface area contributed by atoms with Crippen LogP contribution in [0, 0.1) is 0 Å². The van der Waals surface area contributed by atoms with E-state index in [-0.39, 0.29) is 41.7 Å². The second-order valence-corrected chi connectivity index (χ2v) is 12.6. The average molecular weight is 545 g/mol. The van der Waals surface area contributed by atoms with Crippen LogP contribution < -0.4 is 15.8 Å². The van der Waals surface area contributed by atoms with Gasteiger partial charge in [0.2, 0.25) is 0 Å². The number of fused-ring (bicyclic) bond motifs is 1. The van der Waals surface area contributed by atoms with Crippen molar-refractivity contribution in [1.82, 2.24) is 5.32 Å². The van der Waals surface area contributed by atoms with Crippen molar-refractivity contribution in [3.8, 4) is 5.75 Å². The van der Waals surface area contributed by atoms with Gasteiger partial charge in [-0.2, -0.15) is 0 Å². The number of hydrogen-bond acceptors (Lipinski definition) is 7. The van der Waals surface area contributed by atoms with Crippen molar-refractivity contribution in [2.75, 3.05) is 12.9 Å². The first-order valence-electron chi connectivity index (χ1n) is 13.2. The molecule has 0 radical (unpaired) electrons. The van der Waals surface area contributed by atoms with Crippen molar-refractivity contribution in [2.24, 2.45) is 5.73 Å². The van der Waals surface area contributed by atoms with Crippen molar-refractivity contribution in [2.45, 2.75) is 87.7 Å². The molecule has 9 heteroatoms. The summed E-state index contributed by atoms with van der Waals surface area (Å²) in [5, 5.41) is 13.0. The van der Waals surface area contributed by atoms with Crippen LogP contribution in [0.3, 0.4) is 0 Å². The molecule has 0 aromatic heterocycles. The van der Waals surface area contributed by atoms with Gasteiger partial charge >= 0.3 is 5.97 Å². The average Bonchev–Trinajstić information content (AvgIpc) is 2.97. The lowest BCUT2D eigenvalue weighted by Crippen LogP contribution is -2.50. The first kappa shape index (κ1) is 29.8. The molecule has 3 atom stereocenters. The third-order valence-electron chi connectivity index (χ3n) is 7.52. The number of ketones is 1. The van der Waals surface area contributed by atoms with Gasteiger partial charge in [-0.15, -0.1) is 0 Å². The van der Waals surface area contributed by atoms with Crippen molar-refractivity contribution in [3.05, 3.63) is 59.2 Å². The molecule has 0 unspecified atom stereocenters. The van der Waals surface area contributed by atoms with E-state index in [0.717, 1.165) is 24.8 Å². The molecule has 0 bridgehead atoms. The molecule has 0 aliphatic carbocycles. The highest BCUT2D eigenvalue weighted by Gasteiger charge is 2.42. The lowest BCUT2D eigenvalue weighted by atomic mass is 9.87. The number of sulfone groups is 1. The summed E-state index contributed by atoms with van der Waals surface area (Å²) in [6.07, 6.45) is 3.16. The van der Waals surface area contributed by atoms with Gasteiger partial charge in [0, 0.05) is 18.4 Å². The number of carbonyl (C=O) groups is 2. The molecule has 0 fully saturated rings. The predicted molar refractivity (Wildman–Crippen MR) is 147 cm³/mol. The Kier molecular flexibility index (Phi) is 9.39. The first-order valence-corrected chi connectivity index (χ1v) is 14.8. The van der Waals surface area contributed by atoms with Gasteiger partial charge in [0.05, 0.1) is 23.8 Å². The molecule has 0 spiro atoms. The number of nitrogens with one attached hydrogen (secondary N) is 1. The zero-order chi connectivity index (χ0) is 28.1. The molecule has 208 valence electrons. The van der Waals surface area contributed by atoms with Crippen LogP contribution in [-0.4, -0.2) is 49.2 Å². The number of unbranched alkanes of at least 4 members (excludes halogenated alkanes) is 1. The Morgan fingerprint density at radius 3 is 2.47 bits per heavy atom. The maximum absolute atomic E-state index is 13.9. The molecule has 4 N–H and O–H groups in total. The van der Waals surface area contributed by atoms with E-state index in [1.807, 2.05) is 37.3 Å². The number of aryl methyl sites for hydroxylation is 1. The number of Topliss-reactive ketones (excluding diaryl/α,β-unsaturated/α-hetero) is 1. The summed E-state index contributed by atoms with van der Waals surface area (Å²) in [6.45, 7) is 5.42. The minimum absolute atomic E-state index is 0.0189. The van der Waals surface area contributed by atoms with Crippen LogP contribution in [0.4, 0.5) is 0 Å². The molecule has 2 aromatic carbocycles. The smallest absolute Gasteiger partial charge is 0.323 e. The Hall–Kier alpha value is -2.75. The minimum Gasteiger partial charge on any atom is -0.496 e. The topological polar surface area (TPSA) is 136 Å². The number of ether oxygens (including phenoxy) is 1. The summed E-state index contributed by atoms with van der Waals surface area (Å²) in [6, 6.07) is 12.8. The Labute approximate surface area is 225 Å². The van der Waals surface area contributed by atoms with Gasteiger partial charge in [0.25, 0.3) is 0 Å². The minimum atomic E-state index is -3.70. The molecule has 1 heterocycles. The zero-order valence-electron chi connectivity index (χ0n) is 22.7. The normalized spacial score (nSPS) is 22.1. The molecule has 0 amide bonds. The Morgan fingerprint density at radius 2 is 1.89 bits per heavy atom. The molecule has 0 saturated heterocycles. The molecule has 0 saturated carbocycles. The Bertz CT molecular complexity index is 1260. The second kappa shape index (κ2) is 12.0. The molecule has 3 rings (SSSR count). The fourth-order valence-corrected chi connectivity index (χ4v) is 7.33. The van der Waals surface area contributed by atoms with Crippen molar-refractivity contribution in [3.63, 3.8) is 0 Å². The fraction of sp³-hybridized carbons (Fsp3) is 0.517. The summed E-state index contributed by atoms with van der Waals surface area (Å²) >= 11 is 0. The third kappa shape index (κ3) is 6.62. The maximum Gasteiger partial charge on any atom is 0.323 e. The number of carbonyl (C=O) groups excluding carboxylic acids is 1. The molecule has 2 aromatic rings. The van der Waals surface area contributed by atoms with Gasteiger partial charge in [-0.05, 0) is 55.0 Å². The number of nitrogens with two attached hydrogens (primary N) is 1. The molecule has 1 aliphatic heterocycles. The summed E-state index contributed by atoms with van der Waals surface area (Å²) in [4.78, 5) is 24.1. The molecule has 1 aliphatic rings. The van der Waals surface area contributed by atoms with Crippen LogP contribution in [0.15, 0.2) is 47.4 Å². The summed E-state index contributed by atoms with van der Waals surface area (Å²) in [5.74, 6) is -1.10. The largest absolute Gasteiger partial charge is 0.496 e. The van der Waals surface area contributed by atoms with Gasteiger partial charge in [-0.1, -0.05) is 57.0 Å². The van der Waals surface area contributed by atoms with E-state index in [0.29, 0.717) is 23.3 Å². The maximum atomic E-state index is 13.9. The van der Waals surface area contributed by atoms with Crippen LogP contribution in [0.2, 0.25) is 0 Å². The van der Waals surface area contributed by atoms with E-state index in [9.17, 15) is 23.1 Å². The van der Waals surface area contributed by atoms with E-state index in [1.54, 1.807) is 12.1 Å². The Balaban J connectivity index is 2.08. The van der Waals surface area contributed by atoms with Gasteiger partial charge in [0.1, 0.15) is 17.1 Å². The monoisotopic (exact) mass is 544 g/mol. The number of benzene rings is 2. The van der Waals surface area contributed by atoms with Crippen LogP contribution in [0.1, 0.15) is 82.0 Å². The van der Waals surface area contributed by atoms with E-state index in [2.05, 4.69) is 12.2 Å². The standard InChI is InChI=1S/C29H40N2O6S/c1-5-7-15-29(6-2)19-38(35,36)25-16-21(13-14-22(32)18-28(3,30)27(33)34)24(37-4)17-23(25)26(31-29)20-11-9-8-10-12-20/h8-12,16-17,26,31H,5-7,13-15,18-19,30H2,1-4H3,(H,33,34)/t26-,28-,29-/m1/s1. The second-order valence-electron chi connectivity index (χ2n) is 10.6. The van der Waals surface area contributed by atoms with E-state index in [1.165, 1.54) is 14.0 Å². The van der Waals surface area contributed by atoms with E-state index in [4.69, 9.17) is 10.5 Å². The molecule has 38 heavy (non-hydrogen) atoms. The Morgan fingerprint density at radius 1 is 1.21 bits per heavy atom. The lowest BCUT2D eigenvalue weighted by Gasteiger charge is -2.36. The van der Waals surface area contributed by atoms with Crippen molar-refractivity contribution >= 4 is 21.6 Å². The number of aliphatic carboxylic acids is 1. The van der Waals surface area contributed by atoms with E-state index < -0.39 is 26.9 Å². The molecule has 8 nitrogen and oxygen atoms in total. The van der Waals surface area contributed by atoms with E-state index >= 15 is 0 Å². The summed E-state index contributed by atoms with van der Waals surface area (Å²) in [7, 11) is -2.18. The number of rotatable bonds is 12. The predicted octanol–water partition coefficient (Wildman–Crippen LogP) is 4.19. The van der Waals surface area contributed by atoms with Crippen LogP contribution in [-0.2, 0) is 25.8 Å².